The normalized spacial score (nSPS) is 10.5. The zero-order valence-corrected chi connectivity index (χ0v) is 10.2. The number of aromatic nitrogens is 2. The van der Waals surface area contributed by atoms with Crippen molar-refractivity contribution in [1.82, 2.24) is 20.2 Å². The molecule has 5 nitrogen and oxygen atoms in total. The Labute approximate surface area is 99.8 Å². The van der Waals surface area contributed by atoms with E-state index in [1.807, 2.05) is 14.1 Å². The van der Waals surface area contributed by atoms with Gasteiger partial charge in [-0.3, -0.25) is 4.79 Å². The minimum Gasteiger partial charge on any atom is -0.351 e. The van der Waals surface area contributed by atoms with Crippen LogP contribution in [0.5, 0.6) is 0 Å². The highest BCUT2D eigenvalue weighted by molar-refractivity contribution is 6.29. The average Bonchev–Trinajstić information content (AvgIpc) is 2.25. The summed E-state index contributed by atoms with van der Waals surface area (Å²) in [7, 11) is 3.99. The lowest BCUT2D eigenvalue weighted by Gasteiger charge is -2.09. The smallest absolute Gasteiger partial charge is 0.271 e. The van der Waals surface area contributed by atoms with Crippen molar-refractivity contribution in [3.8, 4) is 0 Å². The van der Waals surface area contributed by atoms with Crippen LogP contribution in [0.3, 0.4) is 0 Å². The van der Waals surface area contributed by atoms with Gasteiger partial charge in [-0.1, -0.05) is 11.6 Å². The molecule has 0 fully saturated rings. The number of hydrogen-bond acceptors (Lipinski definition) is 4. The molecule has 0 aliphatic heterocycles. The summed E-state index contributed by atoms with van der Waals surface area (Å²) in [5.74, 6) is -0.220. The summed E-state index contributed by atoms with van der Waals surface area (Å²) in [5, 5.41) is 3.04. The fraction of sp³-hybridized carbons (Fsp3) is 0.500. The van der Waals surface area contributed by atoms with Gasteiger partial charge in [-0.2, -0.15) is 0 Å². The van der Waals surface area contributed by atoms with E-state index in [4.69, 9.17) is 11.6 Å². The van der Waals surface area contributed by atoms with Crippen LogP contribution >= 0.6 is 11.6 Å². The molecule has 6 heteroatoms. The maximum Gasteiger partial charge on any atom is 0.271 e. The van der Waals surface area contributed by atoms with Gasteiger partial charge in [-0.25, -0.2) is 9.97 Å². The van der Waals surface area contributed by atoms with Gasteiger partial charge in [0.05, 0.1) is 12.4 Å². The van der Waals surface area contributed by atoms with Crippen molar-refractivity contribution in [3.63, 3.8) is 0 Å². The highest BCUT2D eigenvalue weighted by atomic mass is 35.5. The SMILES string of the molecule is CN(C)CCCNC(=O)c1cnc(Cl)cn1. The van der Waals surface area contributed by atoms with Crippen LogP contribution in [-0.2, 0) is 0 Å². The van der Waals surface area contributed by atoms with Crippen LogP contribution in [0.2, 0.25) is 5.15 Å². The van der Waals surface area contributed by atoms with Crippen molar-refractivity contribution in [2.45, 2.75) is 6.42 Å². The Morgan fingerprint density at radius 1 is 1.44 bits per heavy atom. The van der Waals surface area contributed by atoms with E-state index in [9.17, 15) is 4.79 Å². The summed E-state index contributed by atoms with van der Waals surface area (Å²) in [6.07, 6.45) is 3.62. The molecule has 0 aliphatic carbocycles. The Bertz CT molecular complexity index is 339. The van der Waals surface area contributed by atoms with Crippen molar-refractivity contribution in [2.24, 2.45) is 0 Å². The van der Waals surface area contributed by atoms with Gasteiger partial charge >= 0.3 is 0 Å². The van der Waals surface area contributed by atoms with Crippen molar-refractivity contribution in [1.29, 1.82) is 0 Å². The van der Waals surface area contributed by atoms with Crippen LogP contribution in [0, 0.1) is 0 Å². The fourth-order valence-corrected chi connectivity index (χ4v) is 1.21. The molecule has 16 heavy (non-hydrogen) atoms. The third-order valence-electron chi connectivity index (χ3n) is 1.92. The van der Waals surface area contributed by atoms with Crippen molar-refractivity contribution in [2.75, 3.05) is 27.2 Å². The number of carbonyl (C=O) groups is 1. The van der Waals surface area contributed by atoms with Crippen LogP contribution in [0.4, 0.5) is 0 Å². The quantitative estimate of drug-likeness (QED) is 0.777. The molecule has 1 heterocycles. The second kappa shape index (κ2) is 6.40. The largest absolute Gasteiger partial charge is 0.351 e. The van der Waals surface area contributed by atoms with E-state index in [1.165, 1.54) is 12.4 Å². The third-order valence-corrected chi connectivity index (χ3v) is 2.12. The van der Waals surface area contributed by atoms with Gasteiger partial charge in [0.25, 0.3) is 5.91 Å². The van der Waals surface area contributed by atoms with Gasteiger partial charge in [0.1, 0.15) is 10.8 Å². The first-order valence-corrected chi connectivity index (χ1v) is 5.38. The highest BCUT2D eigenvalue weighted by Crippen LogP contribution is 2.00. The predicted molar refractivity (Wildman–Crippen MR) is 62.5 cm³/mol. The molecule has 0 radical (unpaired) electrons. The van der Waals surface area contributed by atoms with Gasteiger partial charge in [0.2, 0.25) is 0 Å². The molecule has 1 N–H and O–H groups in total. The topological polar surface area (TPSA) is 58.1 Å². The lowest BCUT2D eigenvalue weighted by atomic mass is 10.3. The number of amides is 1. The van der Waals surface area contributed by atoms with Gasteiger partial charge in [0, 0.05) is 6.54 Å². The van der Waals surface area contributed by atoms with E-state index in [0.717, 1.165) is 13.0 Å². The van der Waals surface area contributed by atoms with Gasteiger partial charge in [-0.05, 0) is 27.1 Å². The first-order chi connectivity index (χ1) is 7.59. The molecule has 0 spiro atoms. The van der Waals surface area contributed by atoms with Gasteiger partial charge in [-0.15, -0.1) is 0 Å². The molecule has 0 atom stereocenters. The molecule has 0 aliphatic rings. The van der Waals surface area contributed by atoms with Crippen LogP contribution in [0.1, 0.15) is 16.9 Å². The van der Waals surface area contributed by atoms with Crippen LogP contribution in [0.15, 0.2) is 12.4 Å². The zero-order valence-electron chi connectivity index (χ0n) is 9.40. The molecular formula is C10H15ClN4O. The number of carbonyl (C=O) groups excluding carboxylic acids is 1. The Morgan fingerprint density at radius 2 is 2.19 bits per heavy atom. The Kier molecular flexibility index (Phi) is 5.14. The summed E-state index contributed by atoms with van der Waals surface area (Å²) in [6.45, 7) is 1.56. The number of rotatable bonds is 5. The summed E-state index contributed by atoms with van der Waals surface area (Å²) >= 11 is 5.57. The molecule has 0 aromatic carbocycles. The van der Waals surface area contributed by atoms with E-state index >= 15 is 0 Å². The zero-order chi connectivity index (χ0) is 12.0. The maximum atomic E-state index is 11.5. The summed E-state index contributed by atoms with van der Waals surface area (Å²) in [4.78, 5) is 21.3. The average molecular weight is 243 g/mol. The molecule has 88 valence electrons. The summed E-state index contributed by atoms with van der Waals surface area (Å²) in [6, 6.07) is 0. The van der Waals surface area contributed by atoms with Crippen molar-refractivity contribution >= 4 is 17.5 Å². The van der Waals surface area contributed by atoms with E-state index in [1.54, 1.807) is 0 Å². The minimum absolute atomic E-state index is 0.220. The molecule has 0 unspecified atom stereocenters. The molecule has 1 aromatic heterocycles. The van der Waals surface area contributed by atoms with Gasteiger partial charge < -0.3 is 10.2 Å². The molecule has 1 aromatic rings. The van der Waals surface area contributed by atoms with E-state index in [-0.39, 0.29) is 16.8 Å². The molecule has 0 saturated heterocycles. The van der Waals surface area contributed by atoms with E-state index in [0.29, 0.717) is 6.54 Å². The van der Waals surface area contributed by atoms with Crippen molar-refractivity contribution in [3.05, 3.63) is 23.2 Å². The predicted octanol–water partition coefficient (Wildman–Crippen LogP) is 0.811. The first-order valence-electron chi connectivity index (χ1n) is 5.00. The van der Waals surface area contributed by atoms with Crippen LogP contribution in [0.25, 0.3) is 0 Å². The summed E-state index contributed by atoms with van der Waals surface area (Å²) in [5.41, 5.74) is 0.286. The second-order valence-electron chi connectivity index (χ2n) is 3.64. The van der Waals surface area contributed by atoms with Crippen LogP contribution < -0.4 is 5.32 Å². The maximum absolute atomic E-state index is 11.5. The Morgan fingerprint density at radius 3 is 2.75 bits per heavy atom. The van der Waals surface area contributed by atoms with Crippen molar-refractivity contribution < 1.29 is 4.79 Å². The Hall–Kier alpha value is -1.20. The Balaban J connectivity index is 2.32. The molecule has 1 amide bonds. The van der Waals surface area contributed by atoms with Gasteiger partial charge in [0.15, 0.2) is 0 Å². The lowest BCUT2D eigenvalue weighted by Crippen LogP contribution is -2.27. The molecule has 0 saturated carbocycles. The number of hydrogen-bond donors (Lipinski definition) is 1. The number of nitrogens with one attached hydrogen (secondary N) is 1. The summed E-state index contributed by atoms with van der Waals surface area (Å²) < 4.78 is 0. The van der Waals surface area contributed by atoms with Crippen LogP contribution in [-0.4, -0.2) is 48.0 Å². The first kappa shape index (κ1) is 12.9. The van der Waals surface area contributed by atoms with E-state index < -0.39 is 0 Å². The number of nitrogens with zero attached hydrogens (tertiary/aromatic N) is 3. The minimum atomic E-state index is -0.220. The monoisotopic (exact) mass is 242 g/mol. The lowest BCUT2D eigenvalue weighted by molar-refractivity contribution is 0.0947. The number of halogens is 1. The van der Waals surface area contributed by atoms with E-state index in [2.05, 4.69) is 20.2 Å². The molecule has 1 rings (SSSR count). The highest BCUT2D eigenvalue weighted by Gasteiger charge is 2.06. The standard InChI is InChI=1S/C10H15ClN4O/c1-15(2)5-3-4-12-10(16)8-6-14-9(11)7-13-8/h6-7H,3-5H2,1-2H3,(H,12,16). The fourth-order valence-electron chi connectivity index (χ4n) is 1.12. The molecular weight excluding hydrogens is 228 g/mol. The third kappa shape index (κ3) is 4.55. The second-order valence-corrected chi connectivity index (χ2v) is 4.02. The molecule has 0 bridgehead atoms.